The quantitative estimate of drug-likeness (QED) is 0.181. The molecular formula is C45H29N3S. The van der Waals surface area contributed by atoms with Crippen LogP contribution < -0.4 is 0 Å². The fourth-order valence-electron chi connectivity index (χ4n) is 6.54. The maximum atomic E-state index is 5.09. The molecule has 0 bridgehead atoms. The summed E-state index contributed by atoms with van der Waals surface area (Å²) in [6.07, 6.45) is 0. The van der Waals surface area contributed by atoms with Crippen molar-refractivity contribution in [3.05, 3.63) is 176 Å². The number of hydrogen-bond donors (Lipinski definition) is 0. The molecule has 2 aromatic heterocycles. The first kappa shape index (κ1) is 29.0. The Hall–Kier alpha value is -6.23. The summed E-state index contributed by atoms with van der Waals surface area (Å²) in [6, 6.07) is 61.6. The van der Waals surface area contributed by atoms with Crippen molar-refractivity contribution in [2.45, 2.75) is 0 Å². The van der Waals surface area contributed by atoms with Crippen molar-refractivity contribution in [2.75, 3.05) is 0 Å². The largest absolute Gasteiger partial charge is 0.208 e. The molecule has 2 heterocycles. The van der Waals surface area contributed by atoms with Crippen LogP contribution in [0.5, 0.6) is 0 Å². The molecule has 0 N–H and O–H groups in total. The van der Waals surface area contributed by atoms with Gasteiger partial charge in [0.2, 0.25) is 0 Å². The van der Waals surface area contributed by atoms with Gasteiger partial charge in [0.1, 0.15) is 0 Å². The molecular weight excluding hydrogens is 615 g/mol. The van der Waals surface area contributed by atoms with Gasteiger partial charge in [-0.15, -0.1) is 11.3 Å². The van der Waals surface area contributed by atoms with E-state index in [1.165, 1.54) is 36.9 Å². The zero-order chi connectivity index (χ0) is 32.6. The van der Waals surface area contributed by atoms with E-state index in [0.717, 1.165) is 33.4 Å². The standard InChI is InChI=1S/C45H29N3S/c1-5-15-30(16-6-1)34-27-35(38-24-14-26-40-39-25-13-23-37(41(39)49-42(38)40)31-17-7-2-8-18-31)29-36(28-34)45-47-43(32-19-9-3-10-20-32)46-44(48-45)33-21-11-4-12-22-33/h1-29H. The Kier molecular flexibility index (Phi) is 7.34. The van der Waals surface area contributed by atoms with Crippen molar-refractivity contribution < 1.29 is 0 Å². The fraction of sp³-hybridized carbons (Fsp3) is 0. The van der Waals surface area contributed by atoms with E-state index in [1.807, 2.05) is 72.0 Å². The summed E-state index contributed by atoms with van der Waals surface area (Å²) >= 11 is 1.87. The number of rotatable bonds is 6. The van der Waals surface area contributed by atoms with Crippen LogP contribution in [0.3, 0.4) is 0 Å². The molecule has 3 nitrogen and oxygen atoms in total. The van der Waals surface area contributed by atoms with Gasteiger partial charge >= 0.3 is 0 Å². The van der Waals surface area contributed by atoms with Gasteiger partial charge in [-0.3, -0.25) is 0 Å². The number of hydrogen-bond acceptors (Lipinski definition) is 4. The van der Waals surface area contributed by atoms with Gasteiger partial charge in [-0.2, -0.15) is 0 Å². The predicted octanol–water partition coefficient (Wildman–Crippen LogP) is 12.2. The third kappa shape index (κ3) is 5.48. The zero-order valence-corrected chi connectivity index (χ0v) is 27.3. The minimum Gasteiger partial charge on any atom is -0.208 e. The smallest absolute Gasteiger partial charge is 0.164 e. The van der Waals surface area contributed by atoms with Crippen LogP contribution >= 0.6 is 11.3 Å². The third-order valence-corrected chi connectivity index (χ3v) is 10.2. The average Bonchev–Trinajstić information content (AvgIpc) is 3.58. The second-order valence-corrected chi connectivity index (χ2v) is 13.1. The number of aromatic nitrogens is 3. The molecule has 0 atom stereocenters. The van der Waals surface area contributed by atoms with E-state index >= 15 is 0 Å². The summed E-state index contributed by atoms with van der Waals surface area (Å²) in [7, 11) is 0. The Morgan fingerprint density at radius 2 is 0.673 bits per heavy atom. The summed E-state index contributed by atoms with van der Waals surface area (Å²) in [6.45, 7) is 0. The van der Waals surface area contributed by atoms with E-state index in [0.29, 0.717) is 17.5 Å². The van der Waals surface area contributed by atoms with Gasteiger partial charge in [0.05, 0.1) is 0 Å². The normalized spacial score (nSPS) is 11.3. The van der Waals surface area contributed by atoms with Gasteiger partial charge < -0.3 is 0 Å². The van der Waals surface area contributed by atoms with E-state index in [1.54, 1.807) is 0 Å². The molecule has 0 aliphatic heterocycles. The number of nitrogens with zero attached hydrogens (tertiary/aromatic N) is 3. The Morgan fingerprint density at radius 1 is 0.286 bits per heavy atom. The first-order valence-electron chi connectivity index (χ1n) is 16.4. The maximum Gasteiger partial charge on any atom is 0.164 e. The van der Waals surface area contributed by atoms with Crippen molar-refractivity contribution in [1.29, 1.82) is 0 Å². The highest BCUT2D eigenvalue weighted by molar-refractivity contribution is 7.26. The van der Waals surface area contributed by atoms with Crippen molar-refractivity contribution in [1.82, 2.24) is 15.0 Å². The minimum atomic E-state index is 0.640. The molecule has 0 radical (unpaired) electrons. The summed E-state index contributed by atoms with van der Waals surface area (Å²) < 4.78 is 2.57. The van der Waals surface area contributed by atoms with Crippen LogP contribution in [0.1, 0.15) is 0 Å². The first-order valence-corrected chi connectivity index (χ1v) is 17.2. The topological polar surface area (TPSA) is 38.7 Å². The molecule has 0 aliphatic rings. The van der Waals surface area contributed by atoms with Gasteiger partial charge in [-0.05, 0) is 51.6 Å². The predicted molar refractivity (Wildman–Crippen MR) is 205 cm³/mol. The Bertz CT molecular complexity index is 2520. The van der Waals surface area contributed by atoms with Crippen LogP contribution in [-0.2, 0) is 0 Å². The minimum absolute atomic E-state index is 0.640. The molecule has 0 unspecified atom stereocenters. The number of fused-ring (bicyclic) bond motifs is 3. The van der Waals surface area contributed by atoms with Crippen LogP contribution in [0.2, 0.25) is 0 Å². The van der Waals surface area contributed by atoms with Gasteiger partial charge in [0, 0.05) is 36.9 Å². The Morgan fingerprint density at radius 3 is 1.18 bits per heavy atom. The van der Waals surface area contributed by atoms with E-state index < -0.39 is 0 Å². The highest BCUT2D eigenvalue weighted by atomic mass is 32.1. The lowest BCUT2D eigenvalue weighted by Gasteiger charge is -2.13. The molecule has 9 aromatic rings. The van der Waals surface area contributed by atoms with Crippen LogP contribution in [0, 0.1) is 0 Å². The second kappa shape index (κ2) is 12.4. The molecule has 0 amide bonds. The molecule has 0 aliphatic carbocycles. The summed E-state index contributed by atoms with van der Waals surface area (Å²) in [5.41, 5.74) is 9.90. The first-order chi connectivity index (χ1) is 24.3. The van der Waals surface area contributed by atoms with Crippen LogP contribution in [0.4, 0.5) is 0 Å². The Balaban J connectivity index is 1.28. The van der Waals surface area contributed by atoms with Crippen molar-refractivity contribution >= 4 is 31.5 Å². The van der Waals surface area contributed by atoms with Crippen molar-refractivity contribution in [3.63, 3.8) is 0 Å². The highest BCUT2D eigenvalue weighted by Crippen LogP contribution is 2.45. The van der Waals surface area contributed by atoms with Gasteiger partial charge in [-0.1, -0.05) is 158 Å². The van der Waals surface area contributed by atoms with E-state index in [4.69, 9.17) is 15.0 Å². The molecule has 0 fully saturated rings. The van der Waals surface area contributed by atoms with Crippen LogP contribution in [0.25, 0.3) is 87.7 Å². The Labute approximate surface area is 288 Å². The monoisotopic (exact) mass is 643 g/mol. The molecule has 49 heavy (non-hydrogen) atoms. The molecule has 0 spiro atoms. The SMILES string of the molecule is c1ccc(-c2cc(-c3nc(-c4ccccc4)nc(-c4ccccc4)n3)cc(-c3cccc4c3sc3c(-c5ccccc5)cccc34)c2)cc1. The molecule has 230 valence electrons. The fourth-order valence-corrected chi connectivity index (χ4v) is 7.91. The molecule has 0 saturated carbocycles. The lowest BCUT2D eigenvalue weighted by atomic mass is 9.94. The average molecular weight is 644 g/mol. The van der Waals surface area contributed by atoms with E-state index in [-0.39, 0.29) is 0 Å². The second-order valence-electron chi connectivity index (χ2n) is 12.0. The van der Waals surface area contributed by atoms with Gasteiger partial charge in [0.25, 0.3) is 0 Å². The van der Waals surface area contributed by atoms with Gasteiger partial charge in [-0.25, -0.2) is 15.0 Å². The summed E-state index contributed by atoms with van der Waals surface area (Å²) in [5, 5.41) is 2.54. The molecule has 0 saturated heterocycles. The third-order valence-electron chi connectivity index (χ3n) is 8.92. The zero-order valence-electron chi connectivity index (χ0n) is 26.5. The maximum absolute atomic E-state index is 5.09. The number of thiophene rings is 1. The highest BCUT2D eigenvalue weighted by Gasteiger charge is 2.18. The molecule has 7 aromatic carbocycles. The van der Waals surface area contributed by atoms with Gasteiger partial charge in [0.15, 0.2) is 17.5 Å². The number of benzene rings is 7. The van der Waals surface area contributed by atoms with Crippen LogP contribution in [-0.4, -0.2) is 15.0 Å². The lowest BCUT2D eigenvalue weighted by Crippen LogP contribution is -2.00. The van der Waals surface area contributed by atoms with E-state index in [9.17, 15) is 0 Å². The summed E-state index contributed by atoms with van der Waals surface area (Å²) in [5.74, 6) is 1.94. The van der Waals surface area contributed by atoms with Crippen molar-refractivity contribution in [2.24, 2.45) is 0 Å². The van der Waals surface area contributed by atoms with E-state index in [2.05, 4.69) is 115 Å². The molecule has 4 heteroatoms. The van der Waals surface area contributed by atoms with Crippen molar-refractivity contribution in [3.8, 4) is 67.5 Å². The van der Waals surface area contributed by atoms with Crippen LogP contribution in [0.15, 0.2) is 176 Å². The summed E-state index contributed by atoms with van der Waals surface area (Å²) in [4.78, 5) is 15.1. The lowest BCUT2D eigenvalue weighted by molar-refractivity contribution is 1.07. The molecule has 9 rings (SSSR count).